The number of benzene rings is 2. The van der Waals surface area contributed by atoms with Crippen molar-refractivity contribution in [3.63, 3.8) is 0 Å². The van der Waals surface area contributed by atoms with Crippen molar-refractivity contribution in [3.05, 3.63) is 58.1 Å². The molecule has 2 aromatic rings. The first-order valence-electron chi connectivity index (χ1n) is 6.18. The molecular formula is C15H12ClF4NO. The monoisotopic (exact) mass is 333 g/mol. The van der Waals surface area contributed by atoms with E-state index >= 15 is 0 Å². The van der Waals surface area contributed by atoms with Gasteiger partial charge in [-0.05, 0) is 30.3 Å². The van der Waals surface area contributed by atoms with Crippen LogP contribution in [0, 0.1) is 0 Å². The van der Waals surface area contributed by atoms with Crippen LogP contribution in [0.1, 0.15) is 22.9 Å². The third kappa shape index (κ3) is 3.27. The van der Waals surface area contributed by atoms with Gasteiger partial charge < -0.3 is 10.5 Å². The molecule has 0 aliphatic heterocycles. The van der Waals surface area contributed by atoms with E-state index < -0.39 is 17.9 Å². The Morgan fingerprint density at radius 2 is 1.77 bits per heavy atom. The van der Waals surface area contributed by atoms with E-state index in [2.05, 4.69) is 0 Å². The van der Waals surface area contributed by atoms with Crippen molar-refractivity contribution >= 4 is 17.3 Å². The lowest BCUT2D eigenvalue weighted by Gasteiger charge is -2.16. The van der Waals surface area contributed by atoms with E-state index in [9.17, 15) is 17.6 Å². The standard InChI is InChI=1S/C15H12ClF4NO/c1-22-13-5-3-9(16)7-11(13)14(17)10-4-2-8(6-12(10)21)15(18,19)20/h2-7,14H,21H2,1H3. The van der Waals surface area contributed by atoms with Crippen LogP contribution in [0.15, 0.2) is 36.4 Å². The van der Waals surface area contributed by atoms with Gasteiger partial charge in [0, 0.05) is 21.8 Å². The Kier molecular flexibility index (Phi) is 4.51. The summed E-state index contributed by atoms with van der Waals surface area (Å²) >= 11 is 5.83. The third-order valence-electron chi connectivity index (χ3n) is 3.15. The quantitative estimate of drug-likeness (QED) is 0.633. The molecule has 2 rings (SSSR count). The van der Waals surface area contributed by atoms with Gasteiger partial charge >= 0.3 is 6.18 Å². The molecule has 2 N–H and O–H groups in total. The SMILES string of the molecule is COc1ccc(Cl)cc1C(F)c1ccc(C(F)(F)F)cc1N. The molecule has 0 aromatic heterocycles. The molecule has 2 aromatic carbocycles. The van der Waals surface area contributed by atoms with Gasteiger partial charge in [0.25, 0.3) is 0 Å². The number of nitrogen functional groups attached to an aromatic ring is 1. The molecule has 0 bridgehead atoms. The van der Waals surface area contributed by atoms with Crippen molar-refractivity contribution < 1.29 is 22.3 Å². The second-order valence-electron chi connectivity index (χ2n) is 4.59. The van der Waals surface area contributed by atoms with E-state index in [4.69, 9.17) is 22.1 Å². The number of halogens is 5. The molecule has 0 aliphatic rings. The number of nitrogens with two attached hydrogens (primary N) is 1. The molecule has 0 saturated carbocycles. The van der Waals surface area contributed by atoms with Gasteiger partial charge in [0.2, 0.25) is 0 Å². The molecule has 0 amide bonds. The van der Waals surface area contributed by atoms with E-state index in [0.29, 0.717) is 6.07 Å². The highest BCUT2D eigenvalue weighted by Crippen LogP contribution is 2.39. The van der Waals surface area contributed by atoms with Gasteiger partial charge in [0.05, 0.1) is 12.7 Å². The van der Waals surface area contributed by atoms with Crippen LogP contribution in [0.25, 0.3) is 0 Å². The van der Waals surface area contributed by atoms with Crippen LogP contribution in [0.5, 0.6) is 5.75 Å². The minimum Gasteiger partial charge on any atom is -0.496 e. The fourth-order valence-corrected chi connectivity index (χ4v) is 2.23. The highest BCUT2D eigenvalue weighted by Gasteiger charge is 2.31. The average molecular weight is 334 g/mol. The molecule has 7 heteroatoms. The van der Waals surface area contributed by atoms with Crippen molar-refractivity contribution in [2.24, 2.45) is 0 Å². The van der Waals surface area contributed by atoms with Crippen LogP contribution in [-0.4, -0.2) is 7.11 Å². The largest absolute Gasteiger partial charge is 0.496 e. The number of methoxy groups -OCH3 is 1. The second kappa shape index (κ2) is 6.04. The lowest BCUT2D eigenvalue weighted by molar-refractivity contribution is -0.137. The Hall–Kier alpha value is -1.95. The molecule has 1 unspecified atom stereocenters. The van der Waals surface area contributed by atoms with E-state index in [1.165, 1.54) is 25.3 Å². The summed E-state index contributed by atoms with van der Waals surface area (Å²) in [6.45, 7) is 0. The van der Waals surface area contributed by atoms with E-state index in [1.807, 2.05) is 0 Å². The first kappa shape index (κ1) is 16.4. The third-order valence-corrected chi connectivity index (χ3v) is 3.39. The average Bonchev–Trinajstić information content (AvgIpc) is 2.45. The molecule has 2 nitrogen and oxygen atoms in total. The van der Waals surface area contributed by atoms with E-state index in [0.717, 1.165) is 12.1 Å². The molecule has 0 fully saturated rings. The Balaban J connectivity index is 2.46. The van der Waals surface area contributed by atoms with Crippen LogP contribution in [-0.2, 0) is 6.18 Å². The van der Waals surface area contributed by atoms with Crippen LogP contribution in [0.4, 0.5) is 23.2 Å². The Bertz CT molecular complexity index is 688. The molecule has 0 radical (unpaired) electrons. The minimum absolute atomic E-state index is 0.0754. The summed E-state index contributed by atoms with van der Waals surface area (Å²) in [5.74, 6) is 0.233. The molecule has 0 saturated heterocycles. The fourth-order valence-electron chi connectivity index (χ4n) is 2.05. The van der Waals surface area contributed by atoms with Crippen molar-refractivity contribution in [3.8, 4) is 5.75 Å². The van der Waals surface area contributed by atoms with Gasteiger partial charge in [-0.1, -0.05) is 17.7 Å². The van der Waals surface area contributed by atoms with Gasteiger partial charge in [-0.25, -0.2) is 4.39 Å². The Labute approximate surface area is 129 Å². The number of anilines is 1. The van der Waals surface area contributed by atoms with Gasteiger partial charge in [-0.3, -0.25) is 0 Å². The van der Waals surface area contributed by atoms with E-state index in [-0.39, 0.29) is 27.6 Å². The van der Waals surface area contributed by atoms with Crippen molar-refractivity contribution in [1.29, 1.82) is 0 Å². The van der Waals surface area contributed by atoms with Crippen molar-refractivity contribution in [1.82, 2.24) is 0 Å². The first-order chi connectivity index (χ1) is 10.2. The normalized spacial score (nSPS) is 13.0. The van der Waals surface area contributed by atoms with Crippen LogP contribution < -0.4 is 10.5 Å². The predicted octanol–water partition coefficient (Wildman–Crippen LogP) is 5.01. The molecular weight excluding hydrogens is 322 g/mol. The van der Waals surface area contributed by atoms with Crippen molar-refractivity contribution in [2.45, 2.75) is 12.3 Å². The smallest absolute Gasteiger partial charge is 0.416 e. The zero-order chi connectivity index (χ0) is 16.5. The summed E-state index contributed by atoms with van der Waals surface area (Å²) in [6, 6.07) is 6.86. The Morgan fingerprint density at radius 1 is 1.09 bits per heavy atom. The maximum Gasteiger partial charge on any atom is 0.416 e. The second-order valence-corrected chi connectivity index (χ2v) is 5.03. The zero-order valence-electron chi connectivity index (χ0n) is 11.4. The summed E-state index contributed by atoms with van der Waals surface area (Å²) < 4.78 is 57.6. The lowest BCUT2D eigenvalue weighted by atomic mass is 9.98. The van der Waals surface area contributed by atoms with Crippen LogP contribution in [0.2, 0.25) is 5.02 Å². The maximum absolute atomic E-state index is 14.7. The molecule has 0 heterocycles. The first-order valence-corrected chi connectivity index (χ1v) is 6.56. The highest BCUT2D eigenvalue weighted by atomic mass is 35.5. The molecule has 0 spiro atoms. The molecule has 118 valence electrons. The number of hydrogen-bond donors (Lipinski definition) is 1. The topological polar surface area (TPSA) is 35.2 Å². The summed E-state index contributed by atoms with van der Waals surface area (Å²) in [5.41, 5.74) is 4.38. The summed E-state index contributed by atoms with van der Waals surface area (Å²) in [6.07, 6.45) is -6.29. The summed E-state index contributed by atoms with van der Waals surface area (Å²) in [4.78, 5) is 0. The lowest BCUT2D eigenvalue weighted by Crippen LogP contribution is -2.08. The molecule has 22 heavy (non-hydrogen) atoms. The van der Waals surface area contributed by atoms with Gasteiger partial charge in [0.1, 0.15) is 5.75 Å². The number of rotatable bonds is 3. The summed E-state index contributed by atoms with van der Waals surface area (Å²) in [7, 11) is 1.36. The predicted molar refractivity (Wildman–Crippen MR) is 76.8 cm³/mol. The fraction of sp³-hybridized carbons (Fsp3) is 0.200. The highest BCUT2D eigenvalue weighted by molar-refractivity contribution is 6.30. The molecule has 1 atom stereocenters. The van der Waals surface area contributed by atoms with Gasteiger partial charge in [-0.15, -0.1) is 0 Å². The minimum atomic E-state index is -4.54. The van der Waals surface area contributed by atoms with Crippen LogP contribution in [0.3, 0.4) is 0 Å². The summed E-state index contributed by atoms with van der Waals surface area (Å²) in [5, 5.41) is 0.281. The maximum atomic E-state index is 14.7. The number of ether oxygens (including phenoxy) is 1. The van der Waals surface area contributed by atoms with Crippen LogP contribution >= 0.6 is 11.6 Å². The van der Waals surface area contributed by atoms with Crippen molar-refractivity contribution in [2.75, 3.05) is 12.8 Å². The number of alkyl halides is 4. The molecule has 0 aliphatic carbocycles. The van der Waals surface area contributed by atoms with Gasteiger partial charge in [-0.2, -0.15) is 13.2 Å². The van der Waals surface area contributed by atoms with E-state index in [1.54, 1.807) is 0 Å². The Morgan fingerprint density at radius 3 is 2.32 bits per heavy atom. The number of hydrogen-bond acceptors (Lipinski definition) is 2. The zero-order valence-corrected chi connectivity index (χ0v) is 12.2. The van der Waals surface area contributed by atoms with Gasteiger partial charge in [0.15, 0.2) is 6.17 Å².